The fourth-order valence-electron chi connectivity index (χ4n) is 3.50. The smallest absolute Gasteiger partial charge is 0.317 e. The van der Waals surface area contributed by atoms with E-state index in [2.05, 4.69) is 20.6 Å². The van der Waals surface area contributed by atoms with Crippen LogP contribution in [0.15, 0.2) is 18.3 Å². The molecule has 1 aliphatic carbocycles. The predicted octanol–water partition coefficient (Wildman–Crippen LogP) is 0.998. The van der Waals surface area contributed by atoms with Gasteiger partial charge in [0.2, 0.25) is 5.65 Å². The van der Waals surface area contributed by atoms with Crippen LogP contribution in [0.2, 0.25) is 0 Å². The van der Waals surface area contributed by atoms with Crippen LogP contribution in [-0.2, 0) is 4.74 Å². The molecule has 2 amide bonds. The van der Waals surface area contributed by atoms with Gasteiger partial charge in [0, 0.05) is 18.8 Å². The second-order valence-electron chi connectivity index (χ2n) is 6.83. The van der Waals surface area contributed by atoms with Gasteiger partial charge in [0.25, 0.3) is 0 Å². The number of aromatic nitrogens is 4. The highest BCUT2D eigenvalue weighted by atomic mass is 16.7. The van der Waals surface area contributed by atoms with Gasteiger partial charge in [-0.3, -0.25) is 0 Å². The number of nitrogens with zero attached hydrogens (tertiary/aromatic N) is 5. The molecule has 1 unspecified atom stereocenters. The van der Waals surface area contributed by atoms with E-state index in [1.807, 2.05) is 11.0 Å². The number of carbonyl (C=O) groups is 1. The van der Waals surface area contributed by atoms with Crippen molar-refractivity contribution in [3.8, 4) is 0 Å². The zero-order valence-electron chi connectivity index (χ0n) is 14.7. The summed E-state index contributed by atoms with van der Waals surface area (Å²) in [5.74, 6) is 0. The highest BCUT2D eigenvalue weighted by Gasteiger charge is 2.27. The van der Waals surface area contributed by atoms with Crippen molar-refractivity contribution in [2.45, 2.75) is 44.2 Å². The molecule has 140 valence electrons. The van der Waals surface area contributed by atoms with Crippen LogP contribution < -0.4 is 10.2 Å². The topological polar surface area (TPSA) is 94.4 Å². The van der Waals surface area contributed by atoms with Gasteiger partial charge in [-0.2, -0.15) is 0 Å². The lowest BCUT2D eigenvalue weighted by Crippen LogP contribution is -2.53. The van der Waals surface area contributed by atoms with E-state index in [1.54, 1.807) is 12.3 Å². The summed E-state index contributed by atoms with van der Waals surface area (Å²) in [6.07, 6.45) is 7.29. The summed E-state index contributed by atoms with van der Waals surface area (Å²) < 4.78 is 5.73. The number of nitrogens with one attached hydrogen (secondary N) is 1. The number of pyridine rings is 1. The summed E-state index contributed by atoms with van der Waals surface area (Å²) in [5, 5.41) is 11.1. The lowest BCUT2D eigenvalue weighted by atomic mass is 9.96. The Kier molecular flexibility index (Phi) is 5.14. The molecule has 2 fully saturated rings. The van der Waals surface area contributed by atoms with E-state index in [4.69, 9.17) is 9.57 Å². The van der Waals surface area contributed by atoms with Crippen LogP contribution >= 0.6 is 0 Å². The molecule has 1 aliphatic heterocycles. The molecule has 26 heavy (non-hydrogen) atoms. The Bertz CT molecular complexity index is 745. The number of carbonyl (C=O) groups excluding carboxylic acids is 1. The highest BCUT2D eigenvalue weighted by molar-refractivity contribution is 5.74. The van der Waals surface area contributed by atoms with Crippen molar-refractivity contribution in [2.75, 3.05) is 26.3 Å². The van der Waals surface area contributed by atoms with Gasteiger partial charge >= 0.3 is 6.03 Å². The average Bonchev–Trinajstić information content (AvgIpc) is 3.10. The van der Waals surface area contributed by atoms with Crippen molar-refractivity contribution in [3.63, 3.8) is 0 Å². The molecule has 2 aromatic heterocycles. The van der Waals surface area contributed by atoms with Crippen molar-refractivity contribution < 1.29 is 14.4 Å². The zero-order chi connectivity index (χ0) is 17.8. The van der Waals surface area contributed by atoms with Crippen LogP contribution in [0.1, 0.15) is 32.1 Å². The minimum Gasteiger partial charge on any atom is -0.391 e. The van der Waals surface area contributed by atoms with Gasteiger partial charge in [-0.25, -0.2) is 9.78 Å². The Morgan fingerprint density at radius 3 is 3.12 bits per heavy atom. The fourth-order valence-corrected chi connectivity index (χ4v) is 3.50. The molecule has 3 heterocycles. The standard InChI is InChI=1S/C17H24N6O3/c24-17(19-13-5-2-1-3-6-13)22-9-10-25-14(11-22)12-26-23-16-15(20-21-23)7-4-8-18-16/h4,7-8,13-14H,1-3,5-6,9-12H2,(H,19,24). The largest absolute Gasteiger partial charge is 0.391 e. The third-order valence-corrected chi connectivity index (χ3v) is 4.92. The molecule has 0 aromatic carbocycles. The van der Waals surface area contributed by atoms with E-state index in [1.165, 1.54) is 24.1 Å². The molecule has 2 aliphatic rings. The SMILES string of the molecule is O=C(NC1CCCCC1)N1CCOC(COn2nnc3cccnc32)C1. The molecular weight excluding hydrogens is 336 g/mol. The van der Waals surface area contributed by atoms with Crippen LogP contribution in [0.3, 0.4) is 0 Å². The van der Waals surface area contributed by atoms with Crippen LogP contribution in [0.5, 0.6) is 0 Å². The summed E-state index contributed by atoms with van der Waals surface area (Å²) in [6.45, 7) is 1.88. The second-order valence-corrected chi connectivity index (χ2v) is 6.83. The highest BCUT2D eigenvalue weighted by Crippen LogP contribution is 2.18. The van der Waals surface area contributed by atoms with E-state index in [9.17, 15) is 4.79 Å². The summed E-state index contributed by atoms with van der Waals surface area (Å²) in [4.78, 5) is 25.5. The molecule has 0 spiro atoms. The van der Waals surface area contributed by atoms with Crippen molar-refractivity contribution in [3.05, 3.63) is 18.3 Å². The van der Waals surface area contributed by atoms with Gasteiger partial charge in [0.15, 0.2) is 0 Å². The molecule has 9 heteroatoms. The monoisotopic (exact) mass is 360 g/mol. The molecule has 1 saturated heterocycles. The van der Waals surface area contributed by atoms with Gasteiger partial charge in [-0.1, -0.05) is 24.1 Å². The van der Waals surface area contributed by atoms with Crippen LogP contribution in [0.4, 0.5) is 4.79 Å². The van der Waals surface area contributed by atoms with Gasteiger partial charge in [0.1, 0.15) is 18.2 Å². The fraction of sp³-hybridized carbons (Fsp3) is 0.647. The molecule has 0 bridgehead atoms. The zero-order valence-corrected chi connectivity index (χ0v) is 14.7. The summed E-state index contributed by atoms with van der Waals surface area (Å²) in [5.41, 5.74) is 1.24. The van der Waals surface area contributed by atoms with E-state index in [0.717, 1.165) is 12.8 Å². The van der Waals surface area contributed by atoms with Crippen LogP contribution in [-0.4, -0.2) is 69.5 Å². The van der Waals surface area contributed by atoms with Crippen molar-refractivity contribution in [2.24, 2.45) is 0 Å². The maximum Gasteiger partial charge on any atom is 0.317 e. The molecule has 9 nitrogen and oxygen atoms in total. The predicted molar refractivity (Wildman–Crippen MR) is 93.5 cm³/mol. The first-order valence-electron chi connectivity index (χ1n) is 9.26. The van der Waals surface area contributed by atoms with Gasteiger partial charge < -0.3 is 19.8 Å². The Hall–Kier alpha value is -2.42. The number of rotatable bonds is 4. The molecule has 1 atom stereocenters. The number of hydrogen-bond acceptors (Lipinski definition) is 6. The minimum absolute atomic E-state index is 0.00178. The quantitative estimate of drug-likeness (QED) is 0.874. The van der Waals surface area contributed by atoms with Gasteiger partial charge in [-0.15, -0.1) is 5.10 Å². The Morgan fingerprint density at radius 1 is 1.35 bits per heavy atom. The molecule has 0 radical (unpaired) electrons. The first-order valence-corrected chi connectivity index (χ1v) is 9.26. The number of hydrogen-bond donors (Lipinski definition) is 1. The Balaban J connectivity index is 1.29. The molecule has 2 aromatic rings. The summed E-state index contributed by atoms with van der Waals surface area (Å²) >= 11 is 0. The second kappa shape index (κ2) is 7.86. The molecule has 4 rings (SSSR count). The molecular formula is C17H24N6O3. The maximum absolute atomic E-state index is 12.5. The lowest BCUT2D eigenvalue weighted by molar-refractivity contribution is -0.0657. The van der Waals surface area contributed by atoms with Crippen molar-refractivity contribution >= 4 is 17.2 Å². The van der Waals surface area contributed by atoms with Crippen LogP contribution in [0.25, 0.3) is 11.2 Å². The van der Waals surface area contributed by atoms with Crippen molar-refractivity contribution in [1.82, 2.24) is 30.4 Å². The maximum atomic E-state index is 12.5. The number of ether oxygens (including phenoxy) is 1. The summed E-state index contributed by atoms with van der Waals surface area (Å²) in [7, 11) is 0. The Labute approximate surface area is 151 Å². The van der Waals surface area contributed by atoms with E-state index in [-0.39, 0.29) is 18.7 Å². The first-order chi connectivity index (χ1) is 12.8. The first kappa shape index (κ1) is 17.0. The van der Waals surface area contributed by atoms with Crippen molar-refractivity contribution in [1.29, 1.82) is 0 Å². The van der Waals surface area contributed by atoms with Gasteiger partial charge in [0.05, 0.1) is 13.2 Å². The Morgan fingerprint density at radius 2 is 2.23 bits per heavy atom. The number of urea groups is 1. The van der Waals surface area contributed by atoms with E-state index < -0.39 is 0 Å². The molecule has 1 saturated carbocycles. The number of fused-ring (bicyclic) bond motifs is 1. The number of amides is 2. The third kappa shape index (κ3) is 3.87. The van der Waals surface area contributed by atoms with Gasteiger partial charge in [-0.05, 0) is 30.2 Å². The molecule has 1 N–H and O–H groups in total. The van der Waals surface area contributed by atoms with E-state index >= 15 is 0 Å². The lowest BCUT2D eigenvalue weighted by Gasteiger charge is -2.34. The normalized spacial score (nSPS) is 21.7. The minimum atomic E-state index is -0.205. The van der Waals surface area contributed by atoms with Crippen LogP contribution in [0, 0.1) is 0 Å². The average molecular weight is 360 g/mol. The summed E-state index contributed by atoms with van der Waals surface area (Å²) in [6, 6.07) is 3.93. The number of morpholine rings is 1. The van der Waals surface area contributed by atoms with E-state index in [0.29, 0.717) is 36.9 Å². The third-order valence-electron chi connectivity index (χ3n) is 4.92.